The summed E-state index contributed by atoms with van der Waals surface area (Å²) in [6, 6.07) is 11.7. The molecule has 0 radical (unpaired) electrons. The molecule has 0 aliphatic rings. The molecule has 1 heterocycles. The Morgan fingerprint density at radius 3 is 2.61 bits per heavy atom. The van der Waals surface area contributed by atoms with E-state index in [1.165, 1.54) is 28.7 Å². The predicted octanol–water partition coefficient (Wildman–Crippen LogP) is 4.95. The lowest BCUT2D eigenvalue weighted by atomic mass is 10.1. The number of aromatic nitrogens is 2. The zero-order valence-electron chi connectivity index (χ0n) is 16.2. The van der Waals surface area contributed by atoms with Gasteiger partial charge in [-0.25, -0.2) is 0 Å². The van der Waals surface area contributed by atoms with Gasteiger partial charge < -0.3 is 15.4 Å². The van der Waals surface area contributed by atoms with Crippen LogP contribution in [-0.2, 0) is 4.79 Å². The van der Waals surface area contributed by atoms with Crippen LogP contribution in [0.25, 0.3) is 0 Å². The van der Waals surface area contributed by atoms with Crippen LogP contribution in [0.1, 0.15) is 16.7 Å². The van der Waals surface area contributed by atoms with Crippen LogP contribution < -0.4 is 15.4 Å². The van der Waals surface area contributed by atoms with Crippen molar-refractivity contribution in [3.05, 3.63) is 53.1 Å². The summed E-state index contributed by atoms with van der Waals surface area (Å²) in [4.78, 5) is 12.3. The summed E-state index contributed by atoms with van der Waals surface area (Å²) in [5, 5.41) is 15.1. The topological polar surface area (TPSA) is 76.1 Å². The second-order valence-electron chi connectivity index (χ2n) is 6.34. The van der Waals surface area contributed by atoms with Crippen molar-refractivity contribution in [2.75, 3.05) is 23.5 Å². The van der Waals surface area contributed by atoms with E-state index in [-0.39, 0.29) is 11.7 Å². The molecule has 2 aromatic carbocycles. The molecule has 0 fully saturated rings. The van der Waals surface area contributed by atoms with Gasteiger partial charge in [0.2, 0.25) is 11.0 Å². The van der Waals surface area contributed by atoms with E-state index in [0.717, 1.165) is 32.6 Å². The third-order valence-electron chi connectivity index (χ3n) is 4.00. The Kier molecular flexibility index (Phi) is 6.53. The van der Waals surface area contributed by atoms with E-state index in [0.29, 0.717) is 5.13 Å². The maximum absolute atomic E-state index is 12.3. The van der Waals surface area contributed by atoms with Gasteiger partial charge in [0, 0.05) is 17.4 Å². The molecule has 0 aliphatic carbocycles. The third-order valence-corrected chi connectivity index (χ3v) is 5.97. The van der Waals surface area contributed by atoms with E-state index in [2.05, 4.69) is 33.0 Å². The van der Waals surface area contributed by atoms with Crippen molar-refractivity contribution in [3.63, 3.8) is 0 Å². The standard InChI is InChI=1S/C20H22N4O2S2/c1-12-8-13(2)18(14(3)9-12)22-17(25)11-27-20-24-23-19(28-20)21-15-6-5-7-16(10-15)26-4/h5-10H,11H2,1-4H3,(H,21,23)(H,22,25). The van der Waals surface area contributed by atoms with E-state index in [1.807, 2.05) is 45.0 Å². The second-order valence-corrected chi connectivity index (χ2v) is 8.54. The average Bonchev–Trinajstić information content (AvgIpc) is 3.10. The van der Waals surface area contributed by atoms with Gasteiger partial charge in [-0.05, 0) is 44.0 Å². The van der Waals surface area contributed by atoms with Gasteiger partial charge >= 0.3 is 0 Å². The molecule has 3 rings (SSSR count). The maximum Gasteiger partial charge on any atom is 0.234 e. The van der Waals surface area contributed by atoms with Crippen molar-refractivity contribution < 1.29 is 9.53 Å². The SMILES string of the molecule is COc1cccc(Nc2nnc(SCC(=O)Nc3c(C)cc(C)cc3C)s2)c1. The number of rotatable bonds is 7. The van der Waals surface area contributed by atoms with Crippen LogP contribution in [0.2, 0.25) is 0 Å². The molecular weight excluding hydrogens is 392 g/mol. The summed E-state index contributed by atoms with van der Waals surface area (Å²) in [5.74, 6) is 0.987. The Bertz CT molecular complexity index is 965. The Morgan fingerprint density at radius 1 is 1.14 bits per heavy atom. The fourth-order valence-electron chi connectivity index (χ4n) is 2.82. The highest BCUT2D eigenvalue weighted by atomic mass is 32.2. The molecule has 0 saturated carbocycles. The molecule has 0 spiro atoms. The van der Waals surface area contributed by atoms with Gasteiger partial charge in [-0.1, -0.05) is 46.9 Å². The predicted molar refractivity (Wildman–Crippen MR) is 116 cm³/mol. The van der Waals surface area contributed by atoms with Gasteiger partial charge in [0.25, 0.3) is 0 Å². The van der Waals surface area contributed by atoms with Crippen LogP contribution in [0.3, 0.4) is 0 Å². The zero-order valence-corrected chi connectivity index (χ0v) is 17.8. The molecular formula is C20H22N4O2S2. The van der Waals surface area contributed by atoms with E-state index in [1.54, 1.807) is 7.11 Å². The van der Waals surface area contributed by atoms with Crippen molar-refractivity contribution >= 4 is 45.5 Å². The molecule has 1 aromatic heterocycles. The minimum absolute atomic E-state index is 0.0578. The lowest BCUT2D eigenvalue weighted by Gasteiger charge is -2.12. The summed E-state index contributed by atoms with van der Waals surface area (Å²) in [5.41, 5.74) is 5.07. The van der Waals surface area contributed by atoms with Gasteiger partial charge in [0.05, 0.1) is 12.9 Å². The molecule has 6 nitrogen and oxygen atoms in total. The number of carbonyl (C=O) groups excluding carboxylic acids is 1. The second kappa shape index (κ2) is 9.07. The quantitative estimate of drug-likeness (QED) is 0.533. The normalized spacial score (nSPS) is 10.6. The molecule has 0 saturated heterocycles. The highest BCUT2D eigenvalue weighted by Gasteiger charge is 2.11. The lowest BCUT2D eigenvalue weighted by Crippen LogP contribution is -2.15. The summed E-state index contributed by atoms with van der Waals surface area (Å²) in [7, 11) is 1.63. The average molecular weight is 415 g/mol. The number of methoxy groups -OCH3 is 1. The van der Waals surface area contributed by atoms with E-state index >= 15 is 0 Å². The number of ether oxygens (including phenoxy) is 1. The first kappa shape index (κ1) is 20.2. The van der Waals surface area contributed by atoms with Gasteiger partial charge in [-0.15, -0.1) is 10.2 Å². The van der Waals surface area contributed by atoms with Crippen LogP contribution in [-0.4, -0.2) is 29.0 Å². The highest BCUT2D eigenvalue weighted by Crippen LogP contribution is 2.29. The van der Waals surface area contributed by atoms with Crippen LogP contribution in [0.4, 0.5) is 16.5 Å². The minimum Gasteiger partial charge on any atom is -0.497 e. The Hall–Kier alpha value is -2.58. The number of hydrogen-bond donors (Lipinski definition) is 2. The number of nitrogens with one attached hydrogen (secondary N) is 2. The molecule has 146 valence electrons. The molecule has 3 aromatic rings. The first-order chi connectivity index (χ1) is 13.4. The summed E-state index contributed by atoms with van der Waals surface area (Å²) in [6.45, 7) is 6.06. The van der Waals surface area contributed by atoms with E-state index in [9.17, 15) is 4.79 Å². The van der Waals surface area contributed by atoms with E-state index in [4.69, 9.17) is 4.74 Å². The third kappa shape index (κ3) is 5.24. The van der Waals surface area contributed by atoms with Crippen molar-refractivity contribution in [2.24, 2.45) is 0 Å². The van der Waals surface area contributed by atoms with Gasteiger partial charge in [-0.2, -0.15) is 0 Å². The number of benzene rings is 2. The fourth-order valence-corrected chi connectivity index (χ4v) is 4.40. The van der Waals surface area contributed by atoms with Crippen molar-refractivity contribution in [3.8, 4) is 5.75 Å². The number of anilines is 3. The van der Waals surface area contributed by atoms with Crippen LogP contribution in [0.15, 0.2) is 40.7 Å². The first-order valence-electron chi connectivity index (χ1n) is 8.69. The summed E-state index contributed by atoms with van der Waals surface area (Å²) >= 11 is 2.78. The Labute approximate surface area is 172 Å². The smallest absolute Gasteiger partial charge is 0.234 e. The molecule has 0 atom stereocenters. The number of carbonyl (C=O) groups is 1. The monoisotopic (exact) mass is 414 g/mol. The van der Waals surface area contributed by atoms with Gasteiger partial charge in [0.1, 0.15) is 5.75 Å². The number of aryl methyl sites for hydroxylation is 3. The molecule has 1 amide bonds. The van der Waals surface area contributed by atoms with Crippen LogP contribution in [0.5, 0.6) is 5.75 Å². The molecule has 0 unspecified atom stereocenters. The van der Waals surface area contributed by atoms with Crippen LogP contribution >= 0.6 is 23.1 Å². The van der Waals surface area contributed by atoms with Gasteiger partial charge in [-0.3, -0.25) is 4.79 Å². The minimum atomic E-state index is -0.0578. The summed E-state index contributed by atoms with van der Waals surface area (Å²) < 4.78 is 5.95. The Morgan fingerprint density at radius 2 is 1.89 bits per heavy atom. The number of amides is 1. The van der Waals surface area contributed by atoms with Crippen molar-refractivity contribution in [1.29, 1.82) is 0 Å². The maximum atomic E-state index is 12.3. The largest absolute Gasteiger partial charge is 0.497 e. The highest BCUT2D eigenvalue weighted by molar-refractivity contribution is 8.01. The number of hydrogen-bond acceptors (Lipinski definition) is 7. The van der Waals surface area contributed by atoms with E-state index < -0.39 is 0 Å². The number of thioether (sulfide) groups is 1. The number of nitrogens with zero attached hydrogens (tertiary/aromatic N) is 2. The fraction of sp³-hybridized carbons (Fsp3) is 0.250. The molecule has 0 bridgehead atoms. The zero-order chi connectivity index (χ0) is 20.1. The van der Waals surface area contributed by atoms with Crippen molar-refractivity contribution in [1.82, 2.24) is 10.2 Å². The first-order valence-corrected chi connectivity index (χ1v) is 10.5. The molecule has 28 heavy (non-hydrogen) atoms. The molecule has 0 aliphatic heterocycles. The lowest BCUT2D eigenvalue weighted by molar-refractivity contribution is -0.113. The molecule has 2 N–H and O–H groups in total. The van der Waals surface area contributed by atoms with Crippen molar-refractivity contribution in [2.45, 2.75) is 25.1 Å². The molecule has 8 heteroatoms. The van der Waals surface area contributed by atoms with Crippen LogP contribution in [0, 0.1) is 20.8 Å². The summed E-state index contributed by atoms with van der Waals surface area (Å²) in [6.07, 6.45) is 0. The van der Waals surface area contributed by atoms with Gasteiger partial charge in [0.15, 0.2) is 4.34 Å². The Balaban J connectivity index is 1.56.